The quantitative estimate of drug-likeness (QED) is 0.468. The largest absolute Gasteiger partial charge is 0.444 e. The average Bonchev–Trinajstić information content (AvgIpc) is 2.67. The second kappa shape index (κ2) is 11.0. The van der Waals surface area contributed by atoms with E-state index in [1.807, 2.05) is 55.5 Å². The van der Waals surface area contributed by atoms with Gasteiger partial charge < -0.3 is 10.1 Å². The van der Waals surface area contributed by atoms with Crippen LogP contribution in [0, 0.1) is 0 Å². The van der Waals surface area contributed by atoms with Crippen LogP contribution < -0.4 is 10.4 Å². The average molecular weight is 431 g/mol. The van der Waals surface area contributed by atoms with Crippen LogP contribution in [0.4, 0.5) is 10.5 Å². The van der Waals surface area contributed by atoms with Crippen LogP contribution in [0.2, 0.25) is 0 Å². The molecule has 0 heterocycles. The molecule has 162 valence electrons. The van der Waals surface area contributed by atoms with Gasteiger partial charge in [0.1, 0.15) is 18.2 Å². The number of hydrogen-bond donors (Lipinski definition) is 2. The Kier molecular flexibility index (Phi) is 8.74. The molecule has 2 aromatic carbocycles. The lowest BCUT2D eigenvalue weighted by atomic mass is 10.1. The first-order chi connectivity index (χ1) is 14.2. The number of amides is 2. The maximum absolute atomic E-state index is 13.4. The number of ether oxygens (including phenoxy) is 1. The predicted octanol–water partition coefficient (Wildman–Crippen LogP) is 4.75. The molecule has 1 N–H and O–H groups in total. The lowest BCUT2D eigenvalue weighted by Gasteiger charge is -2.29. The second-order valence-corrected chi connectivity index (χ2v) is 8.89. The van der Waals surface area contributed by atoms with Crippen molar-refractivity contribution in [2.24, 2.45) is 0 Å². The molecule has 2 aromatic rings. The van der Waals surface area contributed by atoms with E-state index in [1.54, 1.807) is 32.9 Å². The van der Waals surface area contributed by atoms with Gasteiger partial charge in [0, 0.05) is 5.25 Å². The second-order valence-electron chi connectivity index (χ2n) is 8.01. The Morgan fingerprint density at radius 3 is 2.13 bits per heavy atom. The van der Waals surface area contributed by atoms with Crippen molar-refractivity contribution in [2.75, 3.05) is 5.06 Å². The van der Waals surface area contributed by atoms with Crippen molar-refractivity contribution in [3.63, 3.8) is 0 Å². The minimum atomic E-state index is -0.858. The number of hydrogen-bond acceptors (Lipinski definition) is 5. The molecule has 2 atom stereocenters. The number of nitrogens with zero attached hydrogens (tertiary/aromatic N) is 1. The number of nitrogens with one attached hydrogen (secondary N) is 1. The van der Waals surface area contributed by atoms with E-state index >= 15 is 0 Å². The van der Waals surface area contributed by atoms with Gasteiger partial charge in [-0.15, -0.1) is 0 Å². The standard InChI is InChI=1S/C23H30N2O4S/c1-17(30)15-20(24-22(27)29-23(2,3)4)21(26)25(19-13-9-6-10-14-19)28-16-18-11-7-5-8-12-18/h5-14,17,20,30H,15-16H2,1-4H3,(H,24,27). The fourth-order valence-corrected chi connectivity index (χ4v) is 2.91. The normalized spacial score (nSPS) is 13.2. The van der Waals surface area contributed by atoms with Crippen molar-refractivity contribution in [3.05, 3.63) is 66.2 Å². The maximum Gasteiger partial charge on any atom is 0.408 e. The minimum absolute atomic E-state index is 0.124. The monoisotopic (exact) mass is 430 g/mol. The first kappa shape index (κ1) is 23.8. The molecular formula is C23H30N2O4S. The van der Waals surface area contributed by atoms with Gasteiger partial charge in [-0.3, -0.25) is 9.63 Å². The van der Waals surface area contributed by atoms with Crippen LogP contribution in [0.3, 0.4) is 0 Å². The van der Waals surface area contributed by atoms with Crippen LogP contribution in [0.1, 0.15) is 39.7 Å². The van der Waals surface area contributed by atoms with E-state index in [0.717, 1.165) is 5.56 Å². The molecule has 0 spiro atoms. The summed E-state index contributed by atoms with van der Waals surface area (Å²) in [5.74, 6) is -0.399. The van der Waals surface area contributed by atoms with Crippen molar-refractivity contribution in [3.8, 4) is 0 Å². The number of carbonyl (C=O) groups is 2. The topological polar surface area (TPSA) is 67.9 Å². The van der Waals surface area contributed by atoms with Crippen LogP contribution in [0.15, 0.2) is 60.7 Å². The summed E-state index contributed by atoms with van der Waals surface area (Å²) in [4.78, 5) is 31.6. The highest BCUT2D eigenvalue weighted by Gasteiger charge is 2.30. The summed E-state index contributed by atoms with van der Waals surface area (Å²) in [6.07, 6.45) is -0.343. The van der Waals surface area contributed by atoms with Gasteiger partial charge in [0.25, 0.3) is 5.91 Å². The molecule has 0 saturated carbocycles. The predicted molar refractivity (Wildman–Crippen MR) is 121 cm³/mol. The fourth-order valence-electron chi connectivity index (χ4n) is 2.70. The van der Waals surface area contributed by atoms with Gasteiger partial charge in [0.05, 0.1) is 5.69 Å². The summed E-state index contributed by atoms with van der Waals surface area (Å²) in [5, 5.41) is 3.77. The SMILES string of the molecule is CC(S)CC(NC(=O)OC(C)(C)C)C(=O)N(OCc1ccccc1)c1ccccc1. The van der Waals surface area contributed by atoms with Gasteiger partial charge in [-0.05, 0) is 44.9 Å². The number of hydroxylamine groups is 1. The van der Waals surface area contributed by atoms with Crippen molar-refractivity contribution < 1.29 is 19.2 Å². The smallest absolute Gasteiger partial charge is 0.408 e. The van der Waals surface area contributed by atoms with E-state index in [4.69, 9.17) is 9.57 Å². The van der Waals surface area contributed by atoms with Crippen LogP contribution >= 0.6 is 12.6 Å². The third kappa shape index (κ3) is 8.08. The third-order valence-corrected chi connectivity index (χ3v) is 4.17. The summed E-state index contributed by atoms with van der Waals surface area (Å²) < 4.78 is 5.33. The summed E-state index contributed by atoms with van der Waals surface area (Å²) in [7, 11) is 0. The highest BCUT2D eigenvalue weighted by Crippen LogP contribution is 2.19. The van der Waals surface area contributed by atoms with Gasteiger partial charge in [0.15, 0.2) is 0 Å². The van der Waals surface area contributed by atoms with Crippen molar-refractivity contribution >= 4 is 30.3 Å². The van der Waals surface area contributed by atoms with E-state index in [0.29, 0.717) is 12.1 Å². The van der Waals surface area contributed by atoms with E-state index in [2.05, 4.69) is 17.9 Å². The van der Waals surface area contributed by atoms with Gasteiger partial charge in [-0.2, -0.15) is 17.7 Å². The number of benzene rings is 2. The van der Waals surface area contributed by atoms with E-state index in [1.165, 1.54) is 5.06 Å². The maximum atomic E-state index is 13.4. The molecule has 0 aromatic heterocycles. The molecule has 30 heavy (non-hydrogen) atoms. The molecular weight excluding hydrogens is 400 g/mol. The number of thiol groups is 1. The molecule has 2 rings (SSSR count). The molecule has 0 fully saturated rings. The lowest BCUT2D eigenvalue weighted by molar-refractivity contribution is -0.128. The molecule has 0 aliphatic carbocycles. The molecule has 7 heteroatoms. The molecule has 6 nitrogen and oxygen atoms in total. The van der Waals surface area contributed by atoms with Gasteiger partial charge >= 0.3 is 6.09 Å². The van der Waals surface area contributed by atoms with Crippen molar-refractivity contribution in [2.45, 2.75) is 57.6 Å². The van der Waals surface area contributed by atoms with Crippen LogP contribution in [0.25, 0.3) is 0 Å². The number of carbonyl (C=O) groups excluding carboxylic acids is 2. The summed E-state index contributed by atoms with van der Waals surface area (Å²) in [5.41, 5.74) is 0.819. The Hall–Kier alpha value is -2.51. The Labute approximate surface area is 183 Å². The Morgan fingerprint density at radius 1 is 1.03 bits per heavy atom. The Bertz CT molecular complexity index is 807. The zero-order valence-electron chi connectivity index (χ0n) is 17.9. The van der Waals surface area contributed by atoms with Crippen molar-refractivity contribution in [1.82, 2.24) is 5.32 Å². The number of alkyl carbamates (subject to hydrolysis) is 1. The molecule has 0 saturated heterocycles. The zero-order chi connectivity index (χ0) is 22.1. The number of para-hydroxylation sites is 1. The molecule has 0 aliphatic heterocycles. The summed E-state index contributed by atoms with van der Waals surface area (Å²) in [6.45, 7) is 7.37. The van der Waals surface area contributed by atoms with Crippen LogP contribution in [-0.2, 0) is 21.0 Å². The van der Waals surface area contributed by atoms with E-state index in [-0.39, 0.29) is 11.9 Å². The van der Waals surface area contributed by atoms with Crippen molar-refractivity contribution in [1.29, 1.82) is 0 Å². The van der Waals surface area contributed by atoms with Crippen LogP contribution in [0.5, 0.6) is 0 Å². The highest BCUT2D eigenvalue weighted by atomic mass is 32.1. The molecule has 0 radical (unpaired) electrons. The fraction of sp³-hybridized carbons (Fsp3) is 0.391. The van der Waals surface area contributed by atoms with Gasteiger partial charge in [-0.1, -0.05) is 55.5 Å². The highest BCUT2D eigenvalue weighted by molar-refractivity contribution is 7.80. The van der Waals surface area contributed by atoms with Gasteiger partial charge in [0.2, 0.25) is 0 Å². The van der Waals surface area contributed by atoms with Crippen LogP contribution in [-0.4, -0.2) is 28.9 Å². The summed E-state index contributed by atoms with van der Waals surface area (Å²) in [6, 6.07) is 17.7. The third-order valence-electron chi connectivity index (χ3n) is 3.96. The molecule has 0 aliphatic rings. The molecule has 2 amide bonds. The zero-order valence-corrected chi connectivity index (χ0v) is 18.8. The first-order valence-corrected chi connectivity index (χ1v) is 10.4. The minimum Gasteiger partial charge on any atom is -0.444 e. The molecule has 2 unspecified atom stereocenters. The lowest BCUT2D eigenvalue weighted by Crippen LogP contribution is -2.50. The first-order valence-electron chi connectivity index (χ1n) is 9.89. The number of rotatable bonds is 8. The Balaban J connectivity index is 2.23. The van der Waals surface area contributed by atoms with Gasteiger partial charge in [-0.25, -0.2) is 4.79 Å². The van der Waals surface area contributed by atoms with E-state index in [9.17, 15) is 9.59 Å². The summed E-state index contributed by atoms with van der Waals surface area (Å²) >= 11 is 4.40. The van der Waals surface area contributed by atoms with E-state index < -0.39 is 23.6 Å². The molecule has 0 bridgehead atoms. The number of anilines is 1. The Morgan fingerprint density at radius 2 is 1.60 bits per heavy atom.